The van der Waals surface area contributed by atoms with Crippen LogP contribution in [0.1, 0.15) is 30.9 Å². The van der Waals surface area contributed by atoms with Crippen molar-refractivity contribution in [2.24, 2.45) is 0 Å². The van der Waals surface area contributed by atoms with Crippen molar-refractivity contribution in [3.05, 3.63) is 65.7 Å². The third kappa shape index (κ3) is 5.39. The molecule has 1 aliphatic heterocycles. The highest BCUT2D eigenvalue weighted by molar-refractivity contribution is 7.89. The SMILES string of the molecule is CCCCOc1ccc(S(=O)(=O)N2CCN(c3ccc(-c4ccc(C)cc4C)nn3)CC2)cc1. The summed E-state index contributed by atoms with van der Waals surface area (Å²) in [5.74, 6) is 1.46. The molecule has 7 nitrogen and oxygen atoms in total. The highest BCUT2D eigenvalue weighted by atomic mass is 32.2. The van der Waals surface area contributed by atoms with E-state index in [9.17, 15) is 8.42 Å². The molecule has 0 amide bonds. The van der Waals surface area contributed by atoms with Gasteiger partial charge in [0.25, 0.3) is 0 Å². The molecule has 1 aliphatic rings. The molecule has 1 aromatic heterocycles. The molecule has 8 heteroatoms. The van der Waals surface area contributed by atoms with Gasteiger partial charge in [0.15, 0.2) is 5.82 Å². The zero-order valence-corrected chi connectivity index (χ0v) is 20.9. The van der Waals surface area contributed by atoms with Crippen molar-refractivity contribution in [3.63, 3.8) is 0 Å². The fourth-order valence-corrected chi connectivity index (χ4v) is 5.51. The molecule has 2 heterocycles. The van der Waals surface area contributed by atoms with Gasteiger partial charge >= 0.3 is 0 Å². The molecular weight excluding hydrogens is 448 g/mol. The summed E-state index contributed by atoms with van der Waals surface area (Å²) in [6, 6.07) is 16.9. The summed E-state index contributed by atoms with van der Waals surface area (Å²) < 4.78 is 33.4. The van der Waals surface area contributed by atoms with Crippen LogP contribution in [0.5, 0.6) is 5.75 Å². The second kappa shape index (κ2) is 10.5. The first-order chi connectivity index (χ1) is 16.4. The Bertz CT molecular complexity index is 1200. The summed E-state index contributed by atoms with van der Waals surface area (Å²) >= 11 is 0. The van der Waals surface area contributed by atoms with Crippen LogP contribution in [-0.2, 0) is 10.0 Å². The maximum Gasteiger partial charge on any atom is 0.243 e. The Kier molecular flexibility index (Phi) is 7.48. The van der Waals surface area contributed by atoms with Crippen molar-refractivity contribution in [1.29, 1.82) is 0 Å². The molecule has 1 fully saturated rings. The van der Waals surface area contributed by atoms with Gasteiger partial charge in [-0.15, -0.1) is 10.2 Å². The minimum Gasteiger partial charge on any atom is -0.494 e. The van der Waals surface area contributed by atoms with Gasteiger partial charge in [0.05, 0.1) is 17.2 Å². The second-order valence-corrected chi connectivity index (χ2v) is 10.6. The lowest BCUT2D eigenvalue weighted by atomic mass is 10.0. The highest BCUT2D eigenvalue weighted by Gasteiger charge is 2.29. The van der Waals surface area contributed by atoms with Gasteiger partial charge in [-0.05, 0) is 62.2 Å². The van der Waals surface area contributed by atoms with Crippen molar-refractivity contribution in [2.75, 3.05) is 37.7 Å². The molecule has 180 valence electrons. The van der Waals surface area contributed by atoms with E-state index in [-0.39, 0.29) is 0 Å². The topological polar surface area (TPSA) is 75.6 Å². The average molecular weight is 481 g/mol. The van der Waals surface area contributed by atoms with E-state index in [1.807, 2.05) is 12.1 Å². The lowest BCUT2D eigenvalue weighted by Crippen LogP contribution is -2.48. The number of rotatable bonds is 8. The summed E-state index contributed by atoms with van der Waals surface area (Å²) in [5.41, 5.74) is 4.29. The Morgan fingerprint density at radius 2 is 1.65 bits per heavy atom. The van der Waals surface area contributed by atoms with E-state index in [0.717, 1.165) is 29.9 Å². The molecule has 34 heavy (non-hydrogen) atoms. The third-order valence-corrected chi connectivity index (χ3v) is 8.01. The van der Waals surface area contributed by atoms with E-state index in [4.69, 9.17) is 4.74 Å². The van der Waals surface area contributed by atoms with Crippen molar-refractivity contribution >= 4 is 15.8 Å². The zero-order chi connectivity index (χ0) is 24.1. The van der Waals surface area contributed by atoms with Crippen molar-refractivity contribution in [1.82, 2.24) is 14.5 Å². The molecule has 0 atom stereocenters. The van der Waals surface area contributed by atoms with Crippen LogP contribution in [0.15, 0.2) is 59.5 Å². The number of nitrogens with zero attached hydrogens (tertiary/aromatic N) is 4. The number of hydrogen-bond acceptors (Lipinski definition) is 6. The minimum atomic E-state index is -3.55. The summed E-state index contributed by atoms with van der Waals surface area (Å²) in [6.45, 7) is 8.82. The standard InChI is InChI=1S/C26H32N4O3S/c1-4-5-18-33-22-7-9-23(10-8-22)34(31,32)30-16-14-29(15-17-30)26-13-12-25(27-28-26)24-11-6-20(2)19-21(24)3/h6-13,19H,4-5,14-18H2,1-3H3. The number of aromatic nitrogens is 2. The Balaban J connectivity index is 1.38. The molecule has 0 N–H and O–H groups in total. The number of ether oxygens (including phenoxy) is 1. The summed E-state index contributed by atoms with van der Waals surface area (Å²) in [7, 11) is -3.55. The molecular formula is C26H32N4O3S. The van der Waals surface area contributed by atoms with Crippen LogP contribution >= 0.6 is 0 Å². The largest absolute Gasteiger partial charge is 0.494 e. The fourth-order valence-electron chi connectivity index (χ4n) is 4.09. The lowest BCUT2D eigenvalue weighted by Gasteiger charge is -2.34. The Hall–Kier alpha value is -2.97. The van der Waals surface area contributed by atoms with E-state index < -0.39 is 10.0 Å². The number of anilines is 1. The number of piperazine rings is 1. The van der Waals surface area contributed by atoms with Gasteiger partial charge in [0.1, 0.15) is 5.75 Å². The van der Waals surface area contributed by atoms with Crippen molar-refractivity contribution < 1.29 is 13.2 Å². The molecule has 4 rings (SSSR count). The molecule has 1 saturated heterocycles. The summed E-state index contributed by atoms with van der Waals surface area (Å²) in [4.78, 5) is 2.37. The Labute approximate surface area is 202 Å². The summed E-state index contributed by atoms with van der Waals surface area (Å²) in [5, 5.41) is 8.85. The van der Waals surface area contributed by atoms with Crippen molar-refractivity contribution in [3.8, 4) is 17.0 Å². The molecule has 0 spiro atoms. The molecule has 0 aliphatic carbocycles. The van der Waals surface area contributed by atoms with E-state index in [1.54, 1.807) is 24.3 Å². The number of aryl methyl sites for hydroxylation is 2. The first kappa shape index (κ1) is 24.2. The van der Waals surface area contributed by atoms with E-state index in [2.05, 4.69) is 54.1 Å². The normalized spacial score (nSPS) is 14.9. The van der Waals surface area contributed by atoms with Crippen LogP contribution in [0.4, 0.5) is 5.82 Å². The van der Waals surface area contributed by atoms with Crippen LogP contribution < -0.4 is 9.64 Å². The first-order valence-electron chi connectivity index (χ1n) is 11.8. The van der Waals surface area contributed by atoms with Gasteiger partial charge < -0.3 is 9.64 Å². The predicted molar refractivity (Wildman–Crippen MR) is 135 cm³/mol. The van der Waals surface area contributed by atoms with Gasteiger partial charge in [-0.2, -0.15) is 4.31 Å². The lowest BCUT2D eigenvalue weighted by molar-refractivity contribution is 0.309. The molecule has 3 aromatic rings. The molecule has 0 bridgehead atoms. The van der Waals surface area contributed by atoms with Crippen LogP contribution in [0.25, 0.3) is 11.3 Å². The molecule has 0 unspecified atom stereocenters. The van der Waals surface area contributed by atoms with Gasteiger partial charge in [-0.3, -0.25) is 0 Å². The van der Waals surface area contributed by atoms with Crippen LogP contribution in [-0.4, -0.2) is 55.7 Å². The number of unbranched alkanes of at least 4 members (excludes halogenated alkanes) is 1. The van der Waals surface area contributed by atoms with Crippen molar-refractivity contribution in [2.45, 2.75) is 38.5 Å². The van der Waals surface area contributed by atoms with Gasteiger partial charge in [-0.25, -0.2) is 8.42 Å². The molecule has 0 radical (unpaired) electrons. The first-order valence-corrected chi connectivity index (χ1v) is 13.2. The summed E-state index contributed by atoms with van der Waals surface area (Å²) in [6.07, 6.45) is 2.03. The minimum absolute atomic E-state index is 0.293. The van der Waals surface area contributed by atoms with Crippen LogP contribution in [0.3, 0.4) is 0 Å². The van der Waals surface area contributed by atoms with Gasteiger partial charge in [0.2, 0.25) is 10.0 Å². The van der Waals surface area contributed by atoms with Crippen LogP contribution in [0, 0.1) is 13.8 Å². The fraction of sp³-hybridized carbons (Fsp3) is 0.385. The Morgan fingerprint density at radius 3 is 2.26 bits per heavy atom. The van der Waals surface area contributed by atoms with Gasteiger partial charge in [-0.1, -0.05) is 37.1 Å². The average Bonchev–Trinajstić information content (AvgIpc) is 2.85. The third-order valence-electron chi connectivity index (χ3n) is 6.10. The smallest absolute Gasteiger partial charge is 0.243 e. The Morgan fingerprint density at radius 1 is 0.912 bits per heavy atom. The van der Waals surface area contributed by atoms with E-state index in [1.165, 1.54) is 15.4 Å². The molecule has 2 aromatic carbocycles. The zero-order valence-electron chi connectivity index (χ0n) is 20.1. The maximum absolute atomic E-state index is 13.1. The quantitative estimate of drug-likeness (QED) is 0.444. The second-order valence-electron chi connectivity index (χ2n) is 8.66. The number of sulfonamides is 1. The maximum atomic E-state index is 13.1. The van der Waals surface area contributed by atoms with E-state index >= 15 is 0 Å². The monoisotopic (exact) mass is 480 g/mol. The highest BCUT2D eigenvalue weighted by Crippen LogP contribution is 2.25. The number of benzene rings is 2. The van der Waals surface area contributed by atoms with Crippen LogP contribution in [0.2, 0.25) is 0 Å². The predicted octanol–water partition coefficient (Wildman–Crippen LogP) is 4.45. The number of hydrogen-bond donors (Lipinski definition) is 0. The molecule has 0 saturated carbocycles. The van der Waals surface area contributed by atoms with E-state index in [0.29, 0.717) is 43.4 Å². The van der Waals surface area contributed by atoms with Gasteiger partial charge in [0, 0.05) is 31.7 Å².